The van der Waals surface area contributed by atoms with Gasteiger partial charge in [0.15, 0.2) is 0 Å². The third-order valence-electron chi connectivity index (χ3n) is 4.95. The van der Waals surface area contributed by atoms with Crippen LogP contribution >= 0.6 is 0 Å². The average molecular weight is 368 g/mol. The van der Waals surface area contributed by atoms with Crippen LogP contribution in [0.3, 0.4) is 0 Å². The van der Waals surface area contributed by atoms with E-state index >= 15 is 0 Å². The lowest BCUT2D eigenvalue weighted by Crippen LogP contribution is -2.39. The van der Waals surface area contributed by atoms with Gasteiger partial charge in [-0.1, -0.05) is 19.4 Å². The third kappa shape index (κ3) is 4.76. The highest BCUT2D eigenvalue weighted by molar-refractivity contribution is 5.42. The molecule has 0 aromatic carbocycles. The smallest absolute Gasteiger partial charge is 0.258 e. The molecule has 0 spiro atoms. The molecule has 0 saturated carbocycles. The van der Waals surface area contributed by atoms with Crippen molar-refractivity contribution in [2.24, 2.45) is 0 Å². The summed E-state index contributed by atoms with van der Waals surface area (Å²) in [5.74, 6) is 1.43. The molecule has 6 nitrogen and oxygen atoms in total. The number of anilines is 1. The largest absolute Gasteiger partial charge is 0.490 e. The zero-order valence-corrected chi connectivity index (χ0v) is 16.4. The van der Waals surface area contributed by atoms with Crippen LogP contribution in [0.4, 0.5) is 5.95 Å². The number of hydrogen-bond acceptors (Lipinski definition) is 5. The first kappa shape index (κ1) is 19.1. The number of hydrogen-bond donors (Lipinski definition) is 0. The number of aromatic nitrogens is 3. The molecular weight excluding hydrogens is 340 g/mol. The average Bonchev–Trinajstić information content (AvgIpc) is 2.69. The molecule has 27 heavy (non-hydrogen) atoms. The summed E-state index contributed by atoms with van der Waals surface area (Å²) in [6, 6.07) is 3.42. The minimum atomic E-state index is -0.0684. The number of ether oxygens (including phenoxy) is 1. The van der Waals surface area contributed by atoms with Crippen LogP contribution in [0.1, 0.15) is 45.6 Å². The van der Waals surface area contributed by atoms with Gasteiger partial charge in [0.1, 0.15) is 11.9 Å². The quantitative estimate of drug-likeness (QED) is 0.781. The van der Waals surface area contributed by atoms with E-state index in [4.69, 9.17) is 4.74 Å². The summed E-state index contributed by atoms with van der Waals surface area (Å²) < 4.78 is 7.66. The maximum atomic E-state index is 12.2. The first-order valence-corrected chi connectivity index (χ1v) is 9.69. The van der Waals surface area contributed by atoms with Gasteiger partial charge in [-0.2, -0.15) is 0 Å². The Kier molecular flexibility index (Phi) is 6.27. The standard InChI is InChI=1S/C21H28N4O2/c1-4-6-17-14-22-21(23-15-17)24-10-7-18(8-11-24)27-19-9-12-25(16(3)5-2)20(26)13-19/h5,9,12-15,18H,4,6-8,10-11H2,1-3H3/b16-5+. The molecule has 0 atom stereocenters. The molecule has 2 aromatic heterocycles. The van der Waals surface area contributed by atoms with Crippen molar-refractivity contribution in [2.75, 3.05) is 18.0 Å². The predicted octanol–water partition coefficient (Wildman–Crippen LogP) is 3.52. The molecule has 3 heterocycles. The van der Waals surface area contributed by atoms with Crippen molar-refractivity contribution in [2.45, 2.75) is 52.6 Å². The van der Waals surface area contributed by atoms with Gasteiger partial charge in [0.25, 0.3) is 5.56 Å². The Hall–Kier alpha value is -2.63. The van der Waals surface area contributed by atoms with Crippen LogP contribution in [-0.2, 0) is 6.42 Å². The van der Waals surface area contributed by atoms with E-state index in [1.165, 1.54) is 5.56 Å². The van der Waals surface area contributed by atoms with E-state index in [9.17, 15) is 4.79 Å². The van der Waals surface area contributed by atoms with Crippen molar-refractivity contribution in [3.63, 3.8) is 0 Å². The monoisotopic (exact) mass is 368 g/mol. The number of piperidine rings is 1. The first-order valence-electron chi connectivity index (χ1n) is 9.69. The van der Waals surface area contributed by atoms with Crippen LogP contribution in [0.15, 0.2) is 41.6 Å². The lowest BCUT2D eigenvalue weighted by Gasteiger charge is -2.32. The minimum Gasteiger partial charge on any atom is -0.490 e. The molecule has 1 saturated heterocycles. The Morgan fingerprint density at radius 2 is 2.00 bits per heavy atom. The summed E-state index contributed by atoms with van der Waals surface area (Å²) in [6.45, 7) is 7.69. The van der Waals surface area contributed by atoms with Gasteiger partial charge < -0.3 is 9.64 Å². The van der Waals surface area contributed by atoms with Crippen molar-refractivity contribution >= 4 is 11.6 Å². The molecule has 6 heteroatoms. The molecule has 0 radical (unpaired) electrons. The van der Waals surface area contributed by atoms with Gasteiger partial charge in [0.2, 0.25) is 5.95 Å². The fourth-order valence-electron chi connectivity index (χ4n) is 3.26. The molecule has 2 aromatic rings. The van der Waals surface area contributed by atoms with E-state index in [-0.39, 0.29) is 11.7 Å². The minimum absolute atomic E-state index is 0.0684. The predicted molar refractivity (Wildman–Crippen MR) is 108 cm³/mol. The maximum absolute atomic E-state index is 12.2. The molecule has 1 aliphatic rings. The second kappa shape index (κ2) is 8.84. The summed E-state index contributed by atoms with van der Waals surface area (Å²) in [4.78, 5) is 23.4. The van der Waals surface area contributed by atoms with E-state index in [2.05, 4.69) is 21.8 Å². The number of pyridine rings is 1. The Balaban J connectivity index is 1.56. The molecule has 0 amide bonds. The molecule has 1 fully saturated rings. The number of rotatable bonds is 6. The fraction of sp³-hybridized carbons (Fsp3) is 0.476. The van der Waals surface area contributed by atoms with E-state index in [0.29, 0.717) is 5.75 Å². The van der Waals surface area contributed by atoms with E-state index in [0.717, 1.165) is 50.4 Å². The van der Waals surface area contributed by atoms with Gasteiger partial charge in [-0.05, 0) is 31.9 Å². The molecule has 0 bridgehead atoms. The van der Waals surface area contributed by atoms with Gasteiger partial charge in [-0.15, -0.1) is 0 Å². The Bertz CT molecular complexity index is 834. The molecule has 0 unspecified atom stereocenters. The molecule has 3 rings (SSSR count). The topological polar surface area (TPSA) is 60.2 Å². The van der Waals surface area contributed by atoms with Gasteiger partial charge in [-0.25, -0.2) is 9.97 Å². The van der Waals surface area contributed by atoms with Gasteiger partial charge in [-0.3, -0.25) is 9.36 Å². The van der Waals surface area contributed by atoms with Gasteiger partial charge >= 0.3 is 0 Å². The Morgan fingerprint density at radius 3 is 2.59 bits per heavy atom. The lowest BCUT2D eigenvalue weighted by molar-refractivity contribution is 0.170. The summed E-state index contributed by atoms with van der Waals surface area (Å²) >= 11 is 0. The Morgan fingerprint density at radius 1 is 1.30 bits per heavy atom. The SMILES string of the molecule is C/C=C(\C)n1ccc(OC2CCN(c3ncc(CCC)cn3)CC2)cc1=O. The van der Waals surface area contributed by atoms with Crippen LogP contribution in [0, 0.1) is 0 Å². The zero-order valence-electron chi connectivity index (χ0n) is 16.4. The highest BCUT2D eigenvalue weighted by Crippen LogP contribution is 2.20. The summed E-state index contributed by atoms with van der Waals surface area (Å²) in [5, 5.41) is 0. The fourth-order valence-corrected chi connectivity index (χ4v) is 3.26. The van der Waals surface area contributed by atoms with Crippen LogP contribution in [-0.4, -0.2) is 33.7 Å². The van der Waals surface area contributed by atoms with Crippen LogP contribution < -0.4 is 15.2 Å². The number of allylic oxidation sites excluding steroid dienone is 2. The van der Waals surface area contributed by atoms with E-state index in [1.807, 2.05) is 38.4 Å². The highest BCUT2D eigenvalue weighted by Gasteiger charge is 2.22. The maximum Gasteiger partial charge on any atom is 0.258 e. The lowest BCUT2D eigenvalue weighted by atomic mass is 10.1. The molecule has 1 aliphatic heterocycles. The second-order valence-electron chi connectivity index (χ2n) is 6.95. The normalized spacial score (nSPS) is 15.8. The van der Waals surface area contributed by atoms with Gasteiger partial charge in [0, 0.05) is 56.3 Å². The second-order valence-corrected chi connectivity index (χ2v) is 6.95. The van der Waals surface area contributed by atoms with E-state index < -0.39 is 0 Å². The number of aryl methyl sites for hydroxylation is 1. The van der Waals surface area contributed by atoms with Crippen molar-refractivity contribution in [3.05, 3.63) is 52.7 Å². The van der Waals surface area contributed by atoms with Crippen LogP contribution in [0.2, 0.25) is 0 Å². The van der Waals surface area contributed by atoms with Crippen molar-refractivity contribution in [1.29, 1.82) is 0 Å². The van der Waals surface area contributed by atoms with Crippen molar-refractivity contribution < 1.29 is 4.74 Å². The first-order chi connectivity index (χ1) is 13.1. The van der Waals surface area contributed by atoms with Crippen molar-refractivity contribution in [3.8, 4) is 5.75 Å². The number of nitrogens with zero attached hydrogens (tertiary/aromatic N) is 4. The molecule has 0 aliphatic carbocycles. The van der Waals surface area contributed by atoms with Crippen molar-refractivity contribution in [1.82, 2.24) is 14.5 Å². The van der Waals surface area contributed by atoms with Gasteiger partial charge in [0.05, 0.1) is 0 Å². The summed E-state index contributed by atoms with van der Waals surface area (Å²) in [7, 11) is 0. The molecular formula is C21H28N4O2. The van der Waals surface area contributed by atoms with Crippen LogP contribution in [0.25, 0.3) is 5.70 Å². The molecule has 0 N–H and O–H groups in total. The van der Waals surface area contributed by atoms with E-state index in [1.54, 1.807) is 16.8 Å². The summed E-state index contributed by atoms with van der Waals surface area (Å²) in [5.41, 5.74) is 2.02. The van der Waals surface area contributed by atoms with Crippen LogP contribution in [0.5, 0.6) is 5.75 Å². The summed E-state index contributed by atoms with van der Waals surface area (Å²) in [6.07, 6.45) is 11.5. The Labute approximate surface area is 160 Å². The molecule has 144 valence electrons. The highest BCUT2D eigenvalue weighted by atomic mass is 16.5. The third-order valence-corrected chi connectivity index (χ3v) is 4.95. The zero-order chi connectivity index (χ0) is 19.2.